The molecular weight excluding hydrogens is 320 g/mol. The van der Waals surface area contributed by atoms with Gasteiger partial charge in [0, 0.05) is 35.5 Å². The van der Waals surface area contributed by atoms with Gasteiger partial charge in [0.15, 0.2) is 0 Å². The second kappa shape index (κ2) is 7.77. The van der Waals surface area contributed by atoms with Gasteiger partial charge in [-0.15, -0.1) is 0 Å². The minimum Gasteiger partial charge on any atom is -0.361 e. The van der Waals surface area contributed by atoms with E-state index in [0.29, 0.717) is 6.54 Å². The molecule has 1 aromatic heterocycles. The standard InChI is InChI=1S/C23H26N2O/c26-23(18-11-5-2-6-12-18)25-15-20(17-9-3-1-4-10-17)21-16-24-22-14-8-7-13-19(21)22/h1,3-4,7-10,13-14,16,18,20,24H,2,5-6,11-12,15H2,(H,25,26)/t20-/m0/s1. The zero-order valence-corrected chi connectivity index (χ0v) is 15.1. The van der Waals surface area contributed by atoms with Crippen molar-refractivity contribution in [3.63, 3.8) is 0 Å². The van der Waals surface area contributed by atoms with Crippen LogP contribution < -0.4 is 5.32 Å². The van der Waals surface area contributed by atoms with Gasteiger partial charge < -0.3 is 10.3 Å². The van der Waals surface area contributed by atoms with Gasteiger partial charge >= 0.3 is 0 Å². The lowest BCUT2D eigenvalue weighted by Crippen LogP contribution is -2.35. The number of benzene rings is 2. The summed E-state index contributed by atoms with van der Waals surface area (Å²) >= 11 is 0. The van der Waals surface area contributed by atoms with Gasteiger partial charge in [-0.25, -0.2) is 0 Å². The molecule has 0 aliphatic heterocycles. The number of amides is 1. The SMILES string of the molecule is O=C(NC[C@@H](c1ccccc1)c1c[nH]c2ccccc12)C1CCCCC1. The van der Waals surface area contributed by atoms with Crippen LogP contribution in [0.1, 0.15) is 49.1 Å². The Morgan fingerprint density at radius 3 is 2.54 bits per heavy atom. The van der Waals surface area contributed by atoms with Crippen molar-refractivity contribution in [2.24, 2.45) is 5.92 Å². The van der Waals surface area contributed by atoms with E-state index in [4.69, 9.17) is 0 Å². The highest BCUT2D eigenvalue weighted by Crippen LogP contribution is 2.31. The van der Waals surface area contributed by atoms with Crippen molar-refractivity contribution >= 4 is 16.8 Å². The summed E-state index contributed by atoms with van der Waals surface area (Å²) in [5.41, 5.74) is 3.62. The molecule has 2 aromatic carbocycles. The van der Waals surface area contributed by atoms with E-state index in [9.17, 15) is 4.79 Å². The number of para-hydroxylation sites is 1. The van der Waals surface area contributed by atoms with Crippen molar-refractivity contribution < 1.29 is 4.79 Å². The van der Waals surface area contributed by atoms with Gasteiger partial charge in [-0.3, -0.25) is 4.79 Å². The minimum atomic E-state index is 0.153. The summed E-state index contributed by atoms with van der Waals surface area (Å²) < 4.78 is 0. The van der Waals surface area contributed by atoms with E-state index in [-0.39, 0.29) is 17.7 Å². The van der Waals surface area contributed by atoms with Crippen LogP contribution in [-0.2, 0) is 4.79 Å². The Morgan fingerprint density at radius 2 is 1.73 bits per heavy atom. The van der Waals surface area contributed by atoms with E-state index >= 15 is 0 Å². The fourth-order valence-corrected chi connectivity index (χ4v) is 4.19. The molecule has 1 aliphatic rings. The molecule has 0 saturated heterocycles. The monoisotopic (exact) mass is 346 g/mol. The molecule has 1 heterocycles. The second-order valence-corrected chi connectivity index (χ2v) is 7.33. The largest absolute Gasteiger partial charge is 0.361 e. The number of rotatable bonds is 5. The number of carbonyl (C=O) groups excluding carboxylic acids is 1. The smallest absolute Gasteiger partial charge is 0.223 e. The number of hydrogen-bond acceptors (Lipinski definition) is 1. The molecule has 1 atom stereocenters. The number of aromatic nitrogens is 1. The van der Waals surface area contributed by atoms with Gasteiger partial charge in [-0.05, 0) is 30.0 Å². The summed E-state index contributed by atoms with van der Waals surface area (Å²) in [5, 5.41) is 4.48. The lowest BCUT2D eigenvalue weighted by molar-refractivity contribution is -0.125. The van der Waals surface area contributed by atoms with Crippen LogP contribution in [0.3, 0.4) is 0 Å². The molecule has 0 radical (unpaired) electrons. The van der Waals surface area contributed by atoms with Crippen molar-refractivity contribution in [1.29, 1.82) is 0 Å². The molecule has 1 amide bonds. The van der Waals surface area contributed by atoms with Crippen LogP contribution in [0, 0.1) is 5.92 Å². The van der Waals surface area contributed by atoms with Gasteiger partial charge in [-0.2, -0.15) is 0 Å². The molecule has 1 saturated carbocycles. The molecular formula is C23H26N2O. The summed E-state index contributed by atoms with van der Waals surface area (Å²) in [5.74, 6) is 0.577. The first-order valence-corrected chi connectivity index (χ1v) is 9.71. The predicted molar refractivity (Wildman–Crippen MR) is 106 cm³/mol. The molecule has 0 unspecified atom stereocenters. The molecule has 0 spiro atoms. The Morgan fingerprint density at radius 1 is 1.00 bits per heavy atom. The number of fused-ring (bicyclic) bond motifs is 1. The van der Waals surface area contributed by atoms with Crippen LogP contribution in [0.2, 0.25) is 0 Å². The number of aromatic amines is 1. The third-order valence-electron chi connectivity index (χ3n) is 5.65. The number of carbonyl (C=O) groups is 1. The van der Waals surface area contributed by atoms with Crippen LogP contribution in [-0.4, -0.2) is 17.4 Å². The maximum atomic E-state index is 12.6. The Kier molecular flexibility index (Phi) is 5.05. The van der Waals surface area contributed by atoms with Crippen LogP contribution in [0.5, 0.6) is 0 Å². The lowest BCUT2D eigenvalue weighted by Gasteiger charge is -2.23. The molecule has 1 fully saturated rings. The van der Waals surface area contributed by atoms with Gasteiger partial charge in [-0.1, -0.05) is 67.8 Å². The molecule has 3 aromatic rings. The van der Waals surface area contributed by atoms with E-state index in [1.165, 1.54) is 35.8 Å². The summed E-state index contributed by atoms with van der Waals surface area (Å²) in [6.07, 6.45) is 7.80. The Hall–Kier alpha value is -2.55. The summed E-state index contributed by atoms with van der Waals surface area (Å²) in [6.45, 7) is 0.640. The molecule has 4 rings (SSSR count). The van der Waals surface area contributed by atoms with E-state index in [0.717, 1.165) is 18.4 Å². The molecule has 26 heavy (non-hydrogen) atoms. The van der Waals surface area contributed by atoms with Crippen LogP contribution in [0.25, 0.3) is 10.9 Å². The first-order valence-electron chi connectivity index (χ1n) is 9.71. The minimum absolute atomic E-state index is 0.153. The molecule has 2 N–H and O–H groups in total. The van der Waals surface area contributed by atoms with Crippen molar-refractivity contribution in [3.8, 4) is 0 Å². The van der Waals surface area contributed by atoms with Crippen LogP contribution in [0.15, 0.2) is 60.8 Å². The highest BCUT2D eigenvalue weighted by molar-refractivity contribution is 5.84. The van der Waals surface area contributed by atoms with Gasteiger partial charge in [0.1, 0.15) is 0 Å². The van der Waals surface area contributed by atoms with Crippen LogP contribution >= 0.6 is 0 Å². The normalized spacial score (nSPS) is 16.5. The Labute approximate surface area is 154 Å². The lowest BCUT2D eigenvalue weighted by atomic mass is 9.87. The third-order valence-corrected chi connectivity index (χ3v) is 5.65. The summed E-state index contributed by atoms with van der Waals surface area (Å²) in [4.78, 5) is 16.0. The highest BCUT2D eigenvalue weighted by Gasteiger charge is 2.23. The number of hydrogen-bond donors (Lipinski definition) is 2. The number of nitrogens with one attached hydrogen (secondary N) is 2. The van der Waals surface area contributed by atoms with E-state index in [1.807, 2.05) is 12.1 Å². The zero-order chi connectivity index (χ0) is 17.8. The fraction of sp³-hybridized carbons (Fsp3) is 0.348. The first kappa shape index (κ1) is 16.9. The van der Waals surface area contributed by atoms with E-state index in [1.54, 1.807) is 0 Å². The molecule has 1 aliphatic carbocycles. The molecule has 3 nitrogen and oxygen atoms in total. The van der Waals surface area contributed by atoms with Crippen molar-refractivity contribution in [1.82, 2.24) is 10.3 Å². The highest BCUT2D eigenvalue weighted by atomic mass is 16.1. The third kappa shape index (κ3) is 3.52. The molecule has 3 heteroatoms. The maximum Gasteiger partial charge on any atom is 0.223 e. The van der Waals surface area contributed by atoms with Crippen molar-refractivity contribution in [2.45, 2.75) is 38.0 Å². The average Bonchev–Trinajstić information content (AvgIpc) is 3.14. The quantitative estimate of drug-likeness (QED) is 0.671. The molecule has 134 valence electrons. The number of H-pyrrole nitrogens is 1. The van der Waals surface area contributed by atoms with Gasteiger partial charge in [0.2, 0.25) is 5.91 Å². The second-order valence-electron chi connectivity index (χ2n) is 7.33. The van der Waals surface area contributed by atoms with Gasteiger partial charge in [0.25, 0.3) is 0 Å². The maximum absolute atomic E-state index is 12.6. The predicted octanol–water partition coefficient (Wildman–Crippen LogP) is 5.00. The van der Waals surface area contributed by atoms with Crippen molar-refractivity contribution in [2.75, 3.05) is 6.54 Å². The summed E-state index contributed by atoms with van der Waals surface area (Å²) in [6, 6.07) is 18.9. The molecule has 0 bridgehead atoms. The van der Waals surface area contributed by atoms with E-state index in [2.05, 4.69) is 59.0 Å². The topological polar surface area (TPSA) is 44.9 Å². The zero-order valence-electron chi connectivity index (χ0n) is 15.1. The first-order chi connectivity index (χ1) is 12.8. The Bertz CT molecular complexity index is 862. The van der Waals surface area contributed by atoms with Crippen LogP contribution in [0.4, 0.5) is 0 Å². The van der Waals surface area contributed by atoms with Crippen molar-refractivity contribution in [3.05, 3.63) is 71.9 Å². The fourth-order valence-electron chi connectivity index (χ4n) is 4.19. The summed E-state index contributed by atoms with van der Waals surface area (Å²) in [7, 11) is 0. The van der Waals surface area contributed by atoms with Gasteiger partial charge in [0.05, 0.1) is 0 Å². The average molecular weight is 346 g/mol. The van der Waals surface area contributed by atoms with E-state index < -0.39 is 0 Å². The Balaban J connectivity index is 1.58.